The second kappa shape index (κ2) is 6.18. The molecule has 1 unspecified atom stereocenters. The van der Waals surface area contributed by atoms with Gasteiger partial charge in [0.15, 0.2) is 5.96 Å². The van der Waals surface area contributed by atoms with E-state index in [4.69, 9.17) is 10.5 Å². The van der Waals surface area contributed by atoms with Crippen LogP contribution in [-0.4, -0.2) is 24.0 Å². The molecule has 4 nitrogen and oxygen atoms in total. The van der Waals surface area contributed by atoms with Gasteiger partial charge in [-0.25, -0.2) is 0 Å². The van der Waals surface area contributed by atoms with Gasteiger partial charge in [-0.3, -0.25) is 4.99 Å². The second-order valence-electron chi connectivity index (χ2n) is 4.93. The van der Waals surface area contributed by atoms with Gasteiger partial charge in [0.25, 0.3) is 0 Å². The summed E-state index contributed by atoms with van der Waals surface area (Å²) >= 11 is 1.74. The molecule has 21 heavy (non-hydrogen) atoms. The Kier molecular flexibility index (Phi) is 4.10. The summed E-state index contributed by atoms with van der Waals surface area (Å²) in [7, 11) is 0. The highest BCUT2D eigenvalue weighted by atomic mass is 32.1. The van der Waals surface area contributed by atoms with E-state index in [2.05, 4.69) is 39.5 Å². The van der Waals surface area contributed by atoms with Crippen molar-refractivity contribution in [3.8, 4) is 5.75 Å². The molecule has 0 fully saturated rings. The fraction of sp³-hybridized carbons (Fsp3) is 0.312. The molecular weight excluding hydrogens is 282 g/mol. The molecule has 0 spiro atoms. The summed E-state index contributed by atoms with van der Waals surface area (Å²) < 4.78 is 5.59. The van der Waals surface area contributed by atoms with Crippen LogP contribution in [0.1, 0.15) is 23.4 Å². The van der Waals surface area contributed by atoms with Crippen LogP contribution in [-0.2, 0) is 6.54 Å². The first-order valence-electron chi connectivity index (χ1n) is 7.09. The van der Waals surface area contributed by atoms with Crippen molar-refractivity contribution >= 4 is 17.3 Å². The summed E-state index contributed by atoms with van der Waals surface area (Å²) in [5.41, 5.74) is 7.27. The number of hydrogen-bond acceptors (Lipinski definition) is 5. The van der Waals surface area contributed by atoms with Gasteiger partial charge < -0.3 is 15.4 Å². The average molecular weight is 301 g/mol. The molecule has 2 aromatic rings. The minimum Gasteiger partial charge on any atom is -0.494 e. The predicted octanol–water partition coefficient (Wildman–Crippen LogP) is 3.02. The maximum Gasteiger partial charge on any atom is 0.192 e. The maximum atomic E-state index is 6.07. The molecule has 2 heterocycles. The normalized spacial score (nSPS) is 17.9. The monoisotopic (exact) mass is 301 g/mol. The van der Waals surface area contributed by atoms with Gasteiger partial charge in [0.1, 0.15) is 5.75 Å². The van der Waals surface area contributed by atoms with Crippen molar-refractivity contribution in [2.75, 3.05) is 13.2 Å². The number of nitrogens with zero attached hydrogens (tertiary/aromatic N) is 2. The molecule has 5 heteroatoms. The molecule has 110 valence electrons. The summed E-state index contributed by atoms with van der Waals surface area (Å²) in [6.45, 7) is 4.17. The Morgan fingerprint density at radius 1 is 1.38 bits per heavy atom. The lowest BCUT2D eigenvalue weighted by atomic mass is 10.1. The van der Waals surface area contributed by atoms with Crippen LogP contribution in [0.15, 0.2) is 46.8 Å². The van der Waals surface area contributed by atoms with Crippen molar-refractivity contribution in [3.05, 3.63) is 52.2 Å². The number of nitrogens with two attached hydrogens (primary N) is 1. The van der Waals surface area contributed by atoms with Gasteiger partial charge in [-0.05, 0) is 36.1 Å². The molecule has 0 aliphatic carbocycles. The molecule has 1 aliphatic heterocycles. The van der Waals surface area contributed by atoms with Gasteiger partial charge in [0.05, 0.1) is 25.7 Å². The Labute approximate surface area is 128 Å². The number of hydrogen-bond donors (Lipinski definition) is 1. The van der Waals surface area contributed by atoms with Crippen LogP contribution in [0.3, 0.4) is 0 Å². The molecular formula is C16H19N3OS. The second-order valence-corrected chi connectivity index (χ2v) is 5.96. The zero-order valence-corrected chi connectivity index (χ0v) is 12.8. The smallest absolute Gasteiger partial charge is 0.192 e. The first-order chi connectivity index (χ1) is 10.3. The predicted molar refractivity (Wildman–Crippen MR) is 86.7 cm³/mol. The average Bonchev–Trinajstić information content (AvgIpc) is 3.11. The molecule has 0 bridgehead atoms. The van der Waals surface area contributed by atoms with Crippen molar-refractivity contribution in [2.24, 2.45) is 10.7 Å². The van der Waals surface area contributed by atoms with Gasteiger partial charge in [0.2, 0.25) is 0 Å². The third-order valence-corrected chi connectivity index (χ3v) is 4.42. The van der Waals surface area contributed by atoms with Crippen LogP contribution in [0.2, 0.25) is 0 Å². The minimum absolute atomic E-state index is 0.188. The van der Waals surface area contributed by atoms with Gasteiger partial charge >= 0.3 is 0 Å². The Morgan fingerprint density at radius 2 is 2.29 bits per heavy atom. The minimum atomic E-state index is 0.188. The van der Waals surface area contributed by atoms with E-state index in [1.165, 1.54) is 10.4 Å². The van der Waals surface area contributed by atoms with E-state index in [0.29, 0.717) is 19.1 Å². The summed E-state index contributed by atoms with van der Waals surface area (Å²) in [6.07, 6.45) is 0. The van der Waals surface area contributed by atoms with Crippen LogP contribution in [0.5, 0.6) is 5.75 Å². The number of rotatable bonds is 5. The van der Waals surface area contributed by atoms with E-state index in [-0.39, 0.29) is 6.04 Å². The van der Waals surface area contributed by atoms with Crippen molar-refractivity contribution in [1.29, 1.82) is 0 Å². The number of guanidine groups is 1. The van der Waals surface area contributed by atoms with Crippen molar-refractivity contribution < 1.29 is 4.74 Å². The highest BCUT2D eigenvalue weighted by Crippen LogP contribution is 2.30. The molecule has 0 amide bonds. The molecule has 1 aromatic carbocycles. The van der Waals surface area contributed by atoms with E-state index in [0.717, 1.165) is 12.3 Å². The quantitative estimate of drug-likeness (QED) is 0.923. The summed E-state index contributed by atoms with van der Waals surface area (Å²) in [4.78, 5) is 7.87. The fourth-order valence-corrected chi connectivity index (χ4v) is 3.26. The molecule has 2 N–H and O–H groups in total. The van der Waals surface area contributed by atoms with Gasteiger partial charge in [0, 0.05) is 4.88 Å². The number of benzene rings is 1. The van der Waals surface area contributed by atoms with Crippen molar-refractivity contribution in [3.63, 3.8) is 0 Å². The first kappa shape index (κ1) is 13.9. The van der Waals surface area contributed by atoms with Crippen LogP contribution < -0.4 is 10.5 Å². The Balaban J connectivity index is 1.82. The molecule has 0 saturated carbocycles. The van der Waals surface area contributed by atoms with E-state index in [1.54, 1.807) is 11.3 Å². The highest BCUT2D eigenvalue weighted by Gasteiger charge is 2.27. The van der Waals surface area contributed by atoms with Crippen LogP contribution in [0.25, 0.3) is 0 Å². The molecule has 0 radical (unpaired) electrons. The number of aliphatic imine (C=N–C) groups is 1. The van der Waals surface area contributed by atoms with Crippen molar-refractivity contribution in [1.82, 2.24) is 4.90 Å². The Hall–Kier alpha value is -2.01. The SMILES string of the molecule is CCOc1cccc(C2CN=C(N)N2Cc2cccs2)c1. The van der Waals surface area contributed by atoms with Crippen LogP contribution >= 0.6 is 11.3 Å². The summed E-state index contributed by atoms with van der Waals surface area (Å²) in [5.74, 6) is 1.52. The lowest BCUT2D eigenvalue weighted by molar-refractivity contribution is 0.330. The molecule has 1 atom stereocenters. The lowest BCUT2D eigenvalue weighted by Gasteiger charge is -2.26. The third-order valence-electron chi connectivity index (χ3n) is 3.56. The largest absolute Gasteiger partial charge is 0.494 e. The lowest BCUT2D eigenvalue weighted by Crippen LogP contribution is -2.35. The standard InChI is InChI=1S/C16H19N3OS/c1-2-20-13-6-3-5-12(9-13)15-10-18-16(17)19(15)11-14-7-4-8-21-14/h3-9,15H,2,10-11H2,1H3,(H2,17,18). The van der Waals surface area contributed by atoms with E-state index in [1.807, 2.05) is 19.1 Å². The molecule has 0 saturated heterocycles. The topological polar surface area (TPSA) is 50.9 Å². The maximum absolute atomic E-state index is 6.07. The van der Waals surface area contributed by atoms with E-state index < -0.39 is 0 Å². The molecule has 3 rings (SSSR count). The highest BCUT2D eigenvalue weighted by molar-refractivity contribution is 7.09. The Bertz CT molecular complexity index is 624. The summed E-state index contributed by atoms with van der Waals surface area (Å²) in [6, 6.07) is 12.6. The van der Waals surface area contributed by atoms with E-state index in [9.17, 15) is 0 Å². The third kappa shape index (κ3) is 3.03. The molecule has 1 aromatic heterocycles. The van der Waals surface area contributed by atoms with Crippen LogP contribution in [0.4, 0.5) is 0 Å². The fourth-order valence-electron chi connectivity index (χ4n) is 2.55. The molecule has 1 aliphatic rings. The number of ether oxygens (including phenoxy) is 1. The van der Waals surface area contributed by atoms with Crippen LogP contribution in [0, 0.1) is 0 Å². The zero-order chi connectivity index (χ0) is 14.7. The van der Waals surface area contributed by atoms with E-state index >= 15 is 0 Å². The van der Waals surface area contributed by atoms with Gasteiger partial charge in [-0.15, -0.1) is 11.3 Å². The Morgan fingerprint density at radius 3 is 3.05 bits per heavy atom. The van der Waals surface area contributed by atoms with Gasteiger partial charge in [-0.2, -0.15) is 0 Å². The number of thiophene rings is 1. The first-order valence-corrected chi connectivity index (χ1v) is 7.97. The summed E-state index contributed by atoms with van der Waals surface area (Å²) in [5, 5.41) is 2.09. The van der Waals surface area contributed by atoms with Gasteiger partial charge in [-0.1, -0.05) is 18.2 Å². The zero-order valence-electron chi connectivity index (χ0n) is 12.0. The van der Waals surface area contributed by atoms with Crippen molar-refractivity contribution in [2.45, 2.75) is 19.5 Å².